The smallest absolute Gasteiger partial charge is 0.166 e. The van der Waals surface area contributed by atoms with Gasteiger partial charge in [0.1, 0.15) is 17.4 Å². The zero-order chi connectivity index (χ0) is 23.3. The van der Waals surface area contributed by atoms with E-state index in [2.05, 4.69) is 25.7 Å². The second-order valence-corrected chi connectivity index (χ2v) is 8.21. The zero-order valence-electron chi connectivity index (χ0n) is 18.9. The number of ether oxygens (including phenoxy) is 1. The Kier molecular flexibility index (Phi) is 6.44. The number of benzene rings is 1. The molecule has 0 spiro atoms. The second-order valence-electron chi connectivity index (χ2n) is 8.21. The third-order valence-corrected chi connectivity index (χ3v) is 5.95. The quantitative estimate of drug-likeness (QED) is 0.433. The van der Waals surface area contributed by atoms with Crippen molar-refractivity contribution in [2.45, 2.75) is 12.8 Å². The number of hydrogen-bond acceptors (Lipinski definition) is 7. The molecule has 0 unspecified atom stereocenters. The van der Waals surface area contributed by atoms with Crippen LogP contribution in [0, 0.1) is 11.7 Å². The first kappa shape index (κ1) is 22.0. The lowest BCUT2D eigenvalue weighted by molar-refractivity contribution is 0.389. The van der Waals surface area contributed by atoms with Crippen molar-refractivity contribution in [2.24, 2.45) is 5.92 Å². The Morgan fingerprint density at radius 1 is 1.12 bits per heavy atom. The molecule has 0 amide bonds. The van der Waals surface area contributed by atoms with E-state index in [1.165, 1.54) is 26.0 Å². The Labute approximate surface area is 197 Å². The van der Waals surface area contributed by atoms with Gasteiger partial charge in [0.2, 0.25) is 0 Å². The van der Waals surface area contributed by atoms with Crippen LogP contribution in [0.4, 0.5) is 10.2 Å². The largest absolute Gasteiger partial charge is 0.496 e. The summed E-state index contributed by atoms with van der Waals surface area (Å²) in [4.78, 5) is 13.5. The minimum atomic E-state index is -0.440. The van der Waals surface area contributed by atoms with Crippen molar-refractivity contribution in [1.29, 1.82) is 0 Å². The monoisotopic (exact) mass is 459 g/mol. The van der Waals surface area contributed by atoms with Gasteiger partial charge in [0.15, 0.2) is 11.6 Å². The van der Waals surface area contributed by atoms with Gasteiger partial charge in [-0.05, 0) is 62.2 Å². The first-order valence-electron chi connectivity index (χ1n) is 11.3. The predicted molar refractivity (Wildman–Crippen MR) is 128 cm³/mol. The first-order valence-corrected chi connectivity index (χ1v) is 11.3. The van der Waals surface area contributed by atoms with Gasteiger partial charge >= 0.3 is 0 Å². The lowest BCUT2D eigenvalue weighted by atomic mass is 9.98. The van der Waals surface area contributed by atoms with Crippen molar-refractivity contribution in [3.63, 3.8) is 0 Å². The van der Waals surface area contributed by atoms with Crippen LogP contribution in [0.5, 0.6) is 5.75 Å². The maximum absolute atomic E-state index is 14.5. The Balaban J connectivity index is 1.36. The van der Waals surface area contributed by atoms with E-state index in [1.807, 2.05) is 24.4 Å². The van der Waals surface area contributed by atoms with Crippen LogP contribution in [0.15, 0.2) is 61.1 Å². The molecule has 34 heavy (non-hydrogen) atoms. The predicted octanol–water partition coefficient (Wildman–Crippen LogP) is 3.95. The van der Waals surface area contributed by atoms with E-state index >= 15 is 0 Å². The minimum Gasteiger partial charge on any atom is -0.496 e. The van der Waals surface area contributed by atoms with Gasteiger partial charge in [-0.25, -0.2) is 24.0 Å². The summed E-state index contributed by atoms with van der Waals surface area (Å²) in [7, 11) is 1.49. The van der Waals surface area contributed by atoms with Gasteiger partial charge in [0.05, 0.1) is 24.6 Å². The molecular weight excluding hydrogens is 433 g/mol. The number of anilines is 1. The molecule has 1 aromatic carbocycles. The van der Waals surface area contributed by atoms with Crippen molar-refractivity contribution in [1.82, 2.24) is 30.0 Å². The lowest BCUT2D eigenvalue weighted by Gasteiger charge is -2.23. The summed E-state index contributed by atoms with van der Waals surface area (Å²) in [5, 5.41) is 11.3. The molecule has 0 bridgehead atoms. The second kappa shape index (κ2) is 9.96. The maximum Gasteiger partial charge on any atom is 0.166 e. The van der Waals surface area contributed by atoms with Gasteiger partial charge in [-0.3, -0.25) is 0 Å². The molecule has 3 aromatic heterocycles. The number of pyridine rings is 1. The average Bonchev–Trinajstić information content (AvgIpc) is 3.39. The molecule has 0 saturated carbocycles. The summed E-state index contributed by atoms with van der Waals surface area (Å²) in [6.45, 7) is 3.06. The maximum atomic E-state index is 14.5. The van der Waals surface area contributed by atoms with Crippen LogP contribution in [0.3, 0.4) is 0 Å². The molecule has 0 atom stereocenters. The topological polar surface area (TPSA) is 89.8 Å². The molecule has 5 rings (SSSR count). The molecule has 8 nitrogen and oxygen atoms in total. The molecule has 174 valence electrons. The van der Waals surface area contributed by atoms with E-state index in [9.17, 15) is 4.39 Å². The van der Waals surface area contributed by atoms with Crippen LogP contribution in [0.1, 0.15) is 12.8 Å². The van der Waals surface area contributed by atoms with Crippen LogP contribution in [0.25, 0.3) is 28.5 Å². The van der Waals surface area contributed by atoms with Gasteiger partial charge < -0.3 is 15.4 Å². The van der Waals surface area contributed by atoms with Gasteiger partial charge in [-0.15, -0.1) is 0 Å². The number of aromatic nitrogens is 5. The van der Waals surface area contributed by atoms with Crippen LogP contribution in [-0.4, -0.2) is 51.5 Å². The summed E-state index contributed by atoms with van der Waals surface area (Å²) in [5.74, 6) is 2.37. The first-order chi connectivity index (χ1) is 16.7. The number of piperidine rings is 1. The molecule has 0 aliphatic carbocycles. The van der Waals surface area contributed by atoms with E-state index in [0.29, 0.717) is 23.2 Å². The van der Waals surface area contributed by atoms with Crippen molar-refractivity contribution in [3.8, 4) is 34.2 Å². The molecule has 0 radical (unpaired) electrons. The third kappa shape index (κ3) is 4.74. The van der Waals surface area contributed by atoms with E-state index in [-0.39, 0.29) is 11.4 Å². The van der Waals surface area contributed by atoms with Crippen molar-refractivity contribution < 1.29 is 9.13 Å². The highest BCUT2D eigenvalue weighted by Gasteiger charge is 2.16. The molecule has 4 heterocycles. The van der Waals surface area contributed by atoms with Crippen LogP contribution in [-0.2, 0) is 0 Å². The zero-order valence-corrected chi connectivity index (χ0v) is 18.9. The Morgan fingerprint density at radius 2 is 1.97 bits per heavy atom. The Hall–Kier alpha value is -3.85. The average molecular weight is 460 g/mol. The normalized spacial score (nSPS) is 14.2. The number of hydrogen-bond donors (Lipinski definition) is 2. The molecule has 9 heteroatoms. The van der Waals surface area contributed by atoms with E-state index in [4.69, 9.17) is 9.72 Å². The minimum absolute atomic E-state index is 0.230. The molecule has 1 aliphatic heterocycles. The Bertz CT molecular complexity index is 1270. The molecular formula is C25H26FN7O. The summed E-state index contributed by atoms with van der Waals surface area (Å²) >= 11 is 0. The summed E-state index contributed by atoms with van der Waals surface area (Å²) < 4.78 is 21.5. The van der Waals surface area contributed by atoms with Gasteiger partial charge in [0, 0.05) is 24.5 Å². The third-order valence-electron chi connectivity index (χ3n) is 5.95. The van der Waals surface area contributed by atoms with Gasteiger partial charge in [-0.2, -0.15) is 5.10 Å². The van der Waals surface area contributed by atoms with Crippen molar-refractivity contribution in [2.75, 3.05) is 32.1 Å². The van der Waals surface area contributed by atoms with E-state index in [0.717, 1.165) is 31.0 Å². The molecule has 2 N–H and O–H groups in total. The highest BCUT2D eigenvalue weighted by Crippen LogP contribution is 2.31. The lowest BCUT2D eigenvalue weighted by Crippen LogP contribution is -2.31. The highest BCUT2D eigenvalue weighted by molar-refractivity contribution is 5.68. The molecule has 4 aromatic rings. The molecule has 1 fully saturated rings. The number of rotatable bonds is 7. The summed E-state index contributed by atoms with van der Waals surface area (Å²) in [6, 6.07) is 12.2. The number of halogens is 1. The molecule has 1 aliphatic rings. The van der Waals surface area contributed by atoms with E-state index in [1.54, 1.807) is 35.3 Å². The van der Waals surface area contributed by atoms with E-state index < -0.39 is 5.82 Å². The van der Waals surface area contributed by atoms with Crippen LogP contribution >= 0.6 is 0 Å². The standard InChI is InChI=1S/C25H26FN7O/c1-34-21-5-2-4-19(26)24(21)25-28-13-10-20(31-25)18-15-30-33(16-18)23-7-3-6-22(32-23)29-14-17-8-11-27-12-9-17/h2-7,10,13,15-17,27H,8-9,11-12,14H2,1H3,(H,29,32). The SMILES string of the molecule is COc1cccc(F)c1-c1nccc(-c2cnn(-c3cccc(NCC4CCNCC4)n3)c2)n1. The van der Waals surface area contributed by atoms with Crippen molar-refractivity contribution in [3.05, 3.63) is 66.9 Å². The van der Waals surface area contributed by atoms with Gasteiger partial charge in [0.25, 0.3) is 0 Å². The summed E-state index contributed by atoms with van der Waals surface area (Å²) in [6.07, 6.45) is 7.51. The van der Waals surface area contributed by atoms with Crippen LogP contribution < -0.4 is 15.4 Å². The van der Waals surface area contributed by atoms with Gasteiger partial charge in [-0.1, -0.05) is 12.1 Å². The fourth-order valence-electron chi connectivity index (χ4n) is 4.10. The number of nitrogens with one attached hydrogen (secondary N) is 2. The fourth-order valence-corrected chi connectivity index (χ4v) is 4.10. The van der Waals surface area contributed by atoms with Crippen LogP contribution in [0.2, 0.25) is 0 Å². The number of methoxy groups -OCH3 is 1. The molecule has 1 saturated heterocycles. The van der Waals surface area contributed by atoms with Crippen molar-refractivity contribution >= 4 is 5.82 Å². The summed E-state index contributed by atoms with van der Waals surface area (Å²) in [5.41, 5.74) is 1.63. The number of nitrogens with zero attached hydrogens (tertiary/aromatic N) is 5. The highest BCUT2D eigenvalue weighted by atomic mass is 19.1. The Morgan fingerprint density at radius 3 is 2.82 bits per heavy atom. The fraction of sp³-hybridized carbons (Fsp3) is 0.280.